The highest BCUT2D eigenvalue weighted by molar-refractivity contribution is 6.42. The van der Waals surface area contributed by atoms with Gasteiger partial charge in [0.15, 0.2) is 0 Å². The zero-order chi connectivity index (χ0) is 22.9. The fraction of sp³-hybridized carbons (Fsp3) is 0.522. The third-order valence-corrected chi connectivity index (χ3v) is 7.66. The van der Waals surface area contributed by atoms with E-state index in [2.05, 4.69) is 10.1 Å². The number of piperazine rings is 1. The topological polar surface area (TPSA) is 79.1 Å². The lowest BCUT2D eigenvalue weighted by Gasteiger charge is -2.54. The number of rotatable bonds is 4. The van der Waals surface area contributed by atoms with Crippen molar-refractivity contribution in [1.29, 1.82) is 0 Å². The number of carbonyl (C=O) groups excluding carboxylic acids is 2. The van der Waals surface area contributed by atoms with Crippen LogP contribution in [0.5, 0.6) is 0 Å². The average molecular weight is 493 g/mol. The minimum Gasteiger partial charge on any atom is -0.378 e. The van der Waals surface area contributed by atoms with Crippen LogP contribution < -0.4 is 0 Å². The molecule has 0 N–H and O–H groups in total. The van der Waals surface area contributed by atoms with E-state index in [1.54, 1.807) is 12.1 Å². The summed E-state index contributed by atoms with van der Waals surface area (Å²) in [5.74, 6) is -0.125. The van der Waals surface area contributed by atoms with E-state index >= 15 is 0 Å². The molecule has 8 nitrogen and oxygen atoms in total. The van der Waals surface area contributed by atoms with Crippen LogP contribution in [0.3, 0.4) is 0 Å². The second kappa shape index (κ2) is 9.62. The van der Waals surface area contributed by atoms with Gasteiger partial charge in [-0.25, -0.2) is 0 Å². The Hall–Kier alpha value is -2.13. The molecule has 3 aliphatic rings. The molecule has 10 heteroatoms. The van der Waals surface area contributed by atoms with Crippen molar-refractivity contribution in [3.8, 4) is 0 Å². The van der Waals surface area contributed by atoms with Crippen molar-refractivity contribution in [2.75, 3.05) is 39.4 Å². The van der Waals surface area contributed by atoms with E-state index in [0.29, 0.717) is 41.9 Å². The SMILES string of the molecule is O=C(Cc1ccc(Cl)c(Cl)c1)N1CCN(C(=O)c2cnoc2)[C@@H]2COC[C@H](N3CCCC3)[C@H]21. The number of halogens is 2. The molecule has 3 aliphatic heterocycles. The smallest absolute Gasteiger partial charge is 0.259 e. The maximum Gasteiger partial charge on any atom is 0.259 e. The highest BCUT2D eigenvalue weighted by Crippen LogP contribution is 2.31. The number of fused-ring (bicyclic) bond motifs is 1. The third-order valence-electron chi connectivity index (χ3n) is 6.92. The van der Waals surface area contributed by atoms with Gasteiger partial charge >= 0.3 is 0 Å². The number of amides is 2. The van der Waals surface area contributed by atoms with Crippen LogP contribution in [0.2, 0.25) is 10.0 Å². The van der Waals surface area contributed by atoms with Crippen molar-refractivity contribution in [1.82, 2.24) is 19.9 Å². The van der Waals surface area contributed by atoms with E-state index in [4.69, 9.17) is 32.5 Å². The Labute approximate surface area is 202 Å². The molecule has 2 amide bonds. The summed E-state index contributed by atoms with van der Waals surface area (Å²) in [5, 5.41) is 4.58. The quantitative estimate of drug-likeness (QED) is 0.652. The first-order chi connectivity index (χ1) is 16.0. The van der Waals surface area contributed by atoms with Crippen molar-refractivity contribution in [3.63, 3.8) is 0 Å². The number of aromatic nitrogens is 1. The van der Waals surface area contributed by atoms with Crippen LogP contribution in [0.4, 0.5) is 0 Å². The second-order valence-electron chi connectivity index (χ2n) is 8.83. The van der Waals surface area contributed by atoms with E-state index in [-0.39, 0.29) is 36.4 Å². The normalized spacial score (nSPS) is 25.8. The van der Waals surface area contributed by atoms with Crippen molar-refractivity contribution in [2.45, 2.75) is 37.4 Å². The van der Waals surface area contributed by atoms with E-state index in [1.165, 1.54) is 12.5 Å². The summed E-state index contributed by atoms with van der Waals surface area (Å²) in [5.41, 5.74) is 1.23. The predicted molar refractivity (Wildman–Crippen MR) is 122 cm³/mol. The van der Waals surface area contributed by atoms with Crippen molar-refractivity contribution in [2.24, 2.45) is 0 Å². The summed E-state index contributed by atoms with van der Waals surface area (Å²) >= 11 is 12.2. The highest BCUT2D eigenvalue weighted by atomic mass is 35.5. The van der Waals surface area contributed by atoms with Gasteiger partial charge in [-0.2, -0.15) is 0 Å². The van der Waals surface area contributed by atoms with Crippen molar-refractivity contribution in [3.05, 3.63) is 51.8 Å². The molecule has 0 saturated carbocycles. The Morgan fingerprint density at radius 3 is 2.48 bits per heavy atom. The monoisotopic (exact) mass is 492 g/mol. The number of carbonyl (C=O) groups is 2. The third kappa shape index (κ3) is 4.49. The van der Waals surface area contributed by atoms with Gasteiger partial charge in [-0.3, -0.25) is 14.5 Å². The molecule has 3 atom stereocenters. The number of hydrogen-bond donors (Lipinski definition) is 0. The van der Waals surface area contributed by atoms with Crippen LogP contribution >= 0.6 is 23.2 Å². The Balaban J connectivity index is 1.42. The van der Waals surface area contributed by atoms with E-state index in [0.717, 1.165) is 31.5 Å². The van der Waals surface area contributed by atoms with Gasteiger partial charge in [0.2, 0.25) is 5.91 Å². The fourth-order valence-corrected chi connectivity index (χ4v) is 5.64. The molecule has 5 rings (SSSR count). The van der Waals surface area contributed by atoms with Gasteiger partial charge in [-0.1, -0.05) is 34.4 Å². The fourth-order valence-electron chi connectivity index (χ4n) is 5.32. The van der Waals surface area contributed by atoms with E-state index in [1.807, 2.05) is 15.9 Å². The lowest BCUT2D eigenvalue weighted by molar-refractivity contribution is -0.149. The molecule has 0 bridgehead atoms. The summed E-state index contributed by atoms with van der Waals surface area (Å²) < 4.78 is 10.9. The van der Waals surface area contributed by atoms with Crippen LogP contribution in [0, 0.1) is 0 Å². The molecule has 0 spiro atoms. The highest BCUT2D eigenvalue weighted by Gasteiger charge is 2.49. The molecule has 1 aromatic carbocycles. The molecule has 3 fully saturated rings. The molecule has 0 unspecified atom stereocenters. The van der Waals surface area contributed by atoms with Crippen LogP contribution in [-0.4, -0.2) is 89.2 Å². The lowest BCUT2D eigenvalue weighted by Crippen LogP contribution is -2.72. The number of ether oxygens (including phenoxy) is 1. The van der Waals surface area contributed by atoms with Crippen LogP contribution in [0.25, 0.3) is 0 Å². The summed E-state index contributed by atoms with van der Waals surface area (Å²) in [6.07, 6.45) is 5.29. The first-order valence-corrected chi connectivity index (χ1v) is 12.0. The molecule has 4 heterocycles. The number of benzene rings is 1. The summed E-state index contributed by atoms with van der Waals surface area (Å²) in [7, 11) is 0. The molecular formula is C23H26Cl2N4O4. The van der Waals surface area contributed by atoms with Crippen molar-refractivity contribution < 1.29 is 18.8 Å². The molecule has 1 aromatic heterocycles. The summed E-state index contributed by atoms with van der Waals surface area (Å²) in [4.78, 5) is 32.9. The summed E-state index contributed by atoms with van der Waals surface area (Å²) in [6, 6.07) is 4.95. The van der Waals surface area contributed by atoms with Gasteiger partial charge in [0.25, 0.3) is 5.91 Å². The Bertz CT molecular complexity index is 1010. The van der Waals surface area contributed by atoms with Gasteiger partial charge < -0.3 is 19.1 Å². The van der Waals surface area contributed by atoms with Gasteiger partial charge in [-0.15, -0.1) is 0 Å². The van der Waals surface area contributed by atoms with E-state index < -0.39 is 0 Å². The van der Waals surface area contributed by atoms with Gasteiger partial charge in [0.05, 0.1) is 59.6 Å². The first kappa shape index (κ1) is 22.7. The maximum atomic E-state index is 13.5. The average Bonchev–Trinajstić information content (AvgIpc) is 3.54. The molecule has 3 saturated heterocycles. The predicted octanol–water partition coefficient (Wildman–Crippen LogP) is 2.74. The lowest BCUT2D eigenvalue weighted by atomic mass is 9.90. The second-order valence-corrected chi connectivity index (χ2v) is 9.64. The first-order valence-electron chi connectivity index (χ1n) is 11.3. The Morgan fingerprint density at radius 1 is 1.00 bits per heavy atom. The van der Waals surface area contributed by atoms with E-state index in [9.17, 15) is 9.59 Å². The minimum atomic E-state index is -0.238. The zero-order valence-corrected chi connectivity index (χ0v) is 19.7. The molecule has 176 valence electrons. The molecular weight excluding hydrogens is 467 g/mol. The molecule has 2 aromatic rings. The van der Waals surface area contributed by atoms with Crippen LogP contribution in [-0.2, 0) is 16.0 Å². The standard InChI is InChI=1S/C23H26Cl2N4O4/c24-17-4-3-15(9-18(17)25)10-21(30)29-8-7-28(23(31)16-11-26-33-12-16)20-14-32-13-19(22(20)29)27-5-1-2-6-27/h3-4,9,11-12,19-20,22H,1-2,5-8,10,13-14H2/t19-,20+,22+/m0/s1. The van der Waals surface area contributed by atoms with Crippen molar-refractivity contribution >= 4 is 35.0 Å². The number of likely N-dealkylation sites (tertiary alicyclic amines) is 1. The molecule has 33 heavy (non-hydrogen) atoms. The van der Waals surface area contributed by atoms with Crippen LogP contribution in [0.1, 0.15) is 28.8 Å². The molecule has 0 aliphatic carbocycles. The maximum absolute atomic E-state index is 13.5. The van der Waals surface area contributed by atoms with Gasteiger partial charge in [0, 0.05) is 13.1 Å². The zero-order valence-electron chi connectivity index (χ0n) is 18.2. The Morgan fingerprint density at radius 2 is 1.76 bits per heavy atom. The summed E-state index contributed by atoms with van der Waals surface area (Å²) in [6.45, 7) is 3.78. The Kier molecular flexibility index (Phi) is 6.60. The number of nitrogens with zero attached hydrogens (tertiary/aromatic N) is 4. The van der Waals surface area contributed by atoms with Gasteiger partial charge in [-0.05, 0) is 43.6 Å². The minimum absolute atomic E-state index is 0.0200. The number of hydrogen-bond acceptors (Lipinski definition) is 6. The van der Waals surface area contributed by atoms with Crippen LogP contribution in [0.15, 0.2) is 35.2 Å². The van der Waals surface area contributed by atoms with Gasteiger partial charge in [0.1, 0.15) is 6.26 Å². The molecule has 0 radical (unpaired) electrons. The largest absolute Gasteiger partial charge is 0.378 e.